The molecule has 1 atom stereocenters. The zero-order chi connectivity index (χ0) is 11.4. The van der Waals surface area contributed by atoms with Gasteiger partial charge in [0.25, 0.3) is 0 Å². The van der Waals surface area contributed by atoms with Crippen LogP contribution < -0.4 is 0 Å². The molecule has 0 radical (unpaired) electrons. The van der Waals surface area contributed by atoms with E-state index >= 15 is 0 Å². The lowest BCUT2D eigenvalue weighted by Crippen LogP contribution is -2.29. The van der Waals surface area contributed by atoms with Crippen molar-refractivity contribution < 1.29 is 18.3 Å². The third-order valence-corrected chi connectivity index (χ3v) is 3.83. The molecule has 5 heteroatoms. The number of ether oxygens (including phenoxy) is 1. The van der Waals surface area contributed by atoms with Crippen LogP contribution in [0.25, 0.3) is 0 Å². The van der Waals surface area contributed by atoms with Crippen molar-refractivity contribution >= 4 is 9.84 Å². The summed E-state index contributed by atoms with van der Waals surface area (Å²) in [5.41, 5.74) is -0.707. The van der Waals surface area contributed by atoms with Gasteiger partial charge in [-0.15, -0.1) is 0 Å². The Morgan fingerprint density at radius 2 is 2.07 bits per heavy atom. The molecule has 1 aliphatic heterocycles. The highest BCUT2D eigenvalue weighted by Crippen LogP contribution is 2.26. The van der Waals surface area contributed by atoms with Crippen molar-refractivity contribution in [3.8, 4) is 0 Å². The Bertz CT molecular complexity index is 276. The quantitative estimate of drug-likeness (QED) is 0.782. The SMILES string of the molecule is CS(=O)(=O)CCCC1(O)CCCOCC1. The monoisotopic (exact) mass is 236 g/mol. The highest BCUT2D eigenvalue weighted by atomic mass is 32.2. The first-order valence-electron chi connectivity index (χ1n) is 5.39. The van der Waals surface area contributed by atoms with Crippen molar-refractivity contribution in [2.45, 2.75) is 37.7 Å². The maximum Gasteiger partial charge on any atom is 0.147 e. The fraction of sp³-hybridized carbons (Fsp3) is 1.00. The molecule has 0 aromatic heterocycles. The molecule has 0 saturated carbocycles. The second kappa shape index (κ2) is 5.27. The molecule has 1 rings (SSSR count). The van der Waals surface area contributed by atoms with Crippen LogP contribution in [0.4, 0.5) is 0 Å². The molecule has 1 saturated heterocycles. The van der Waals surface area contributed by atoms with Crippen LogP contribution in [0.2, 0.25) is 0 Å². The van der Waals surface area contributed by atoms with Crippen molar-refractivity contribution in [3.05, 3.63) is 0 Å². The van der Waals surface area contributed by atoms with E-state index in [1.54, 1.807) is 0 Å². The molecule has 0 aromatic rings. The summed E-state index contributed by atoms with van der Waals surface area (Å²) in [4.78, 5) is 0. The molecule has 15 heavy (non-hydrogen) atoms. The van der Waals surface area contributed by atoms with Gasteiger partial charge < -0.3 is 9.84 Å². The van der Waals surface area contributed by atoms with Gasteiger partial charge >= 0.3 is 0 Å². The largest absolute Gasteiger partial charge is 0.390 e. The van der Waals surface area contributed by atoms with Gasteiger partial charge in [-0.2, -0.15) is 0 Å². The van der Waals surface area contributed by atoms with Crippen LogP contribution in [0.5, 0.6) is 0 Å². The third kappa shape index (κ3) is 5.49. The van der Waals surface area contributed by atoms with Gasteiger partial charge in [0.1, 0.15) is 9.84 Å². The summed E-state index contributed by atoms with van der Waals surface area (Å²) in [5.74, 6) is 0.163. The second-order valence-electron chi connectivity index (χ2n) is 4.42. The minimum Gasteiger partial charge on any atom is -0.390 e. The van der Waals surface area contributed by atoms with E-state index in [9.17, 15) is 13.5 Å². The number of sulfone groups is 1. The number of hydrogen-bond donors (Lipinski definition) is 1. The van der Waals surface area contributed by atoms with E-state index < -0.39 is 15.4 Å². The minimum atomic E-state index is -2.90. The van der Waals surface area contributed by atoms with E-state index in [0.29, 0.717) is 32.5 Å². The molecule has 0 amide bonds. The predicted octanol–water partition coefficient (Wildman–Crippen LogP) is 0.743. The lowest BCUT2D eigenvalue weighted by atomic mass is 9.90. The van der Waals surface area contributed by atoms with Crippen LogP contribution in [0.3, 0.4) is 0 Å². The molecule has 1 unspecified atom stereocenters. The Morgan fingerprint density at radius 3 is 2.73 bits per heavy atom. The van der Waals surface area contributed by atoms with Crippen LogP contribution in [0, 0.1) is 0 Å². The van der Waals surface area contributed by atoms with Crippen molar-refractivity contribution in [2.24, 2.45) is 0 Å². The van der Waals surface area contributed by atoms with Crippen LogP contribution in [-0.4, -0.2) is 44.3 Å². The molecule has 90 valence electrons. The number of aliphatic hydroxyl groups is 1. The standard InChI is InChI=1S/C10H20O4S/c1-15(12,13)9-3-5-10(11)4-2-7-14-8-6-10/h11H,2-9H2,1H3. The summed E-state index contributed by atoms with van der Waals surface area (Å²) in [7, 11) is -2.90. The molecule has 1 fully saturated rings. The summed E-state index contributed by atoms with van der Waals surface area (Å²) in [6.45, 7) is 1.28. The van der Waals surface area contributed by atoms with Gasteiger partial charge in [0.15, 0.2) is 0 Å². The zero-order valence-corrected chi connectivity index (χ0v) is 10.1. The van der Waals surface area contributed by atoms with Gasteiger partial charge in [-0.25, -0.2) is 8.42 Å². The van der Waals surface area contributed by atoms with Gasteiger partial charge in [-0.1, -0.05) is 0 Å². The normalized spacial score (nSPS) is 28.7. The van der Waals surface area contributed by atoms with Crippen molar-refractivity contribution in [3.63, 3.8) is 0 Å². The molecule has 1 N–H and O–H groups in total. The highest BCUT2D eigenvalue weighted by Gasteiger charge is 2.27. The minimum absolute atomic E-state index is 0.163. The summed E-state index contributed by atoms with van der Waals surface area (Å²) in [5, 5.41) is 10.2. The van der Waals surface area contributed by atoms with Crippen LogP contribution in [0.1, 0.15) is 32.1 Å². The maximum atomic E-state index is 10.9. The maximum absolute atomic E-state index is 10.9. The summed E-state index contributed by atoms with van der Waals surface area (Å²) in [6.07, 6.45) is 4.52. The average Bonchev–Trinajstić information content (AvgIpc) is 2.28. The third-order valence-electron chi connectivity index (χ3n) is 2.80. The Labute approximate surface area is 91.6 Å². The van der Waals surface area contributed by atoms with Gasteiger partial charge in [-0.05, 0) is 32.1 Å². The molecule has 0 bridgehead atoms. The van der Waals surface area contributed by atoms with Crippen LogP contribution in [0.15, 0.2) is 0 Å². The lowest BCUT2D eigenvalue weighted by Gasteiger charge is -2.25. The predicted molar refractivity (Wildman–Crippen MR) is 58.6 cm³/mol. The topological polar surface area (TPSA) is 63.6 Å². The second-order valence-corrected chi connectivity index (χ2v) is 6.68. The summed E-state index contributed by atoms with van der Waals surface area (Å²) in [6, 6.07) is 0. The van der Waals surface area contributed by atoms with Crippen LogP contribution in [-0.2, 0) is 14.6 Å². The van der Waals surface area contributed by atoms with Crippen molar-refractivity contribution in [1.29, 1.82) is 0 Å². The molecule has 1 heterocycles. The van der Waals surface area contributed by atoms with E-state index in [2.05, 4.69) is 0 Å². The Kier molecular flexibility index (Phi) is 4.55. The fourth-order valence-corrected chi connectivity index (χ4v) is 2.57. The van der Waals surface area contributed by atoms with E-state index in [1.807, 2.05) is 0 Å². The van der Waals surface area contributed by atoms with Crippen molar-refractivity contribution in [2.75, 3.05) is 25.2 Å². The zero-order valence-electron chi connectivity index (χ0n) is 9.24. The lowest BCUT2D eigenvalue weighted by molar-refractivity contribution is 0.0103. The molecule has 1 aliphatic rings. The Balaban J connectivity index is 2.34. The van der Waals surface area contributed by atoms with Gasteiger partial charge in [0.2, 0.25) is 0 Å². The highest BCUT2D eigenvalue weighted by molar-refractivity contribution is 7.90. The molecular formula is C10H20O4S. The van der Waals surface area contributed by atoms with Gasteiger partial charge in [0.05, 0.1) is 5.60 Å². The molecule has 0 aromatic carbocycles. The molecule has 0 spiro atoms. The van der Waals surface area contributed by atoms with E-state index in [1.165, 1.54) is 6.26 Å². The molecule has 4 nitrogen and oxygen atoms in total. The smallest absolute Gasteiger partial charge is 0.147 e. The van der Waals surface area contributed by atoms with Crippen LogP contribution >= 0.6 is 0 Å². The first kappa shape index (κ1) is 12.9. The molecular weight excluding hydrogens is 216 g/mol. The first-order valence-corrected chi connectivity index (χ1v) is 7.45. The van der Waals surface area contributed by atoms with E-state index in [4.69, 9.17) is 4.74 Å². The van der Waals surface area contributed by atoms with E-state index in [-0.39, 0.29) is 5.75 Å². The summed E-state index contributed by atoms with van der Waals surface area (Å²) < 4.78 is 27.1. The fourth-order valence-electron chi connectivity index (χ4n) is 1.91. The van der Waals surface area contributed by atoms with E-state index in [0.717, 1.165) is 12.8 Å². The average molecular weight is 236 g/mol. The molecule has 0 aliphatic carbocycles. The summed E-state index contributed by atoms with van der Waals surface area (Å²) >= 11 is 0. The van der Waals surface area contributed by atoms with Crippen molar-refractivity contribution in [1.82, 2.24) is 0 Å². The number of rotatable bonds is 4. The Hall–Kier alpha value is -0.130. The van der Waals surface area contributed by atoms with Gasteiger partial charge in [-0.3, -0.25) is 0 Å². The Morgan fingerprint density at radius 1 is 1.33 bits per heavy atom. The number of hydrogen-bond acceptors (Lipinski definition) is 4. The van der Waals surface area contributed by atoms with Gasteiger partial charge in [0, 0.05) is 25.2 Å². The first-order chi connectivity index (χ1) is 6.91.